The molecule has 24 nitrogen and oxygen atoms in total. The molecule has 2 fully saturated rings. The number of carbonyl (C=O) groups excluding carboxylic acids is 7. The Morgan fingerprint density at radius 1 is 0.897 bits per heavy atom. The fourth-order valence-corrected chi connectivity index (χ4v) is 6.98. The zero-order valence-corrected chi connectivity index (χ0v) is 33.6. The van der Waals surface area contributed by atoms with E-state index in [-0.39, 0.29) is 38.3 Å². The van der Waals surface area contributed by atoms with Gasteiger partial charge in [-0.1, -0.05) is 0 Å². The summed E-state index contributed by atoms with van der Waals surface area (Å²) in [5.41, 5.74) is 16.2. The van der Waals surface area contributed by atoms with E-state index in [1.54, 1.807) is 0 Å². The first-order chi connectivity index (χ1) is 27.3. The van der Waals surface area contributed by atoms with Gasteiger partial charge in [-0.25, -0.2) is 4.57 Å². The number of aliphatic hydroxyl groups is 2. The van der Waals surface area contributed by atoms with Crippen LogP contribution in [0, 0.1) is 0 Å². The molecular formula is C33H60N11O13P. The molecule has 58 heavy (non-hydrogen) atoms. The number of aliphatic hydroxyl groups excluding tert-OH is 2. The third kappa shape index (κ3) is 16.5. The summed E-state index contributed by atoms with van der Waals surface area (Å²) < 4.78 is 16.5. The maximum atomic E-state index is 13.9. The van der Waals surface area contributed by atoms with E-state index in [4.69, 9.17) is 21.7 Å². The van der Waals surface area contributed by atoms with Crippen LogP contribution in [0.2, 0.25) is 0 Å². The quantitative estimate of drug-likeness (QED) is 0.0134. The normalized spacial score (nSPS) is 20.3. The minimum atomic E-state index is -5.28. The highest BCUT2D eigenvalue weighted by Crippen LogP contribution is 2.38. The van der Waals surface area contributed by atoms with Crippen molar-refractivity contribution in [1.29, 1.82) is 0 Å². The van der Waals surface area contributed by atoms with Gasteiger partial charge in [0.15, 0.2) is 5.96 Å². The molecule has 2 rings (SSSR count). The predicted octanol–water partition coefficient (Wildman–Crippen LogP) is -5.59. The van der Waals surface area contributed by atoms with Gasteiger partial charge in [-0.2, -0.15) is 0 Å². The van der Waals surface area contributed by atoms with E-state index in [0.29, 0.717) is 51.5 Å². The number of guanidine groups is 1. The second kappa shape index (κ2) is 24.6. The zero-order chi connectivity index (χ0) is 43.6. The van der Waals surface area contributed by atoms with E-state index in [0.717, 1.165) is 18.2 Å². The van der Waals surface area contributed by atoms with E-state index in [1.807, 2.05) is 0 Å². The number of amides is 6. The fraction of sp³-hybridized carbons (Fsp3) is 0.758. The molecule has 0 spiro atoms. The smallest absolute Gasteiger partial charge is 0.394 e. The average molecular weight is 850 g/mol. The van der Waals surface area contributed by atoms with Gasteiger partial charge >= 0.3 is 7.82 Å². The van der Waals surface area contributed by atoms with E-state index >= 15 is 0 Å². The van der Waals surface area contributed by atoms with Crippen LogP contribution in [0.15, 0.2) is 4.99 Å². The average Bonchev–Trinajstić information content (AvgIpc) is 3.88. The molecule has 0 radical (unpaired) electrons. The number of nitrogens with one attached hydrogen (secondary N) is 6. The number of aldehydes is 1. The van der Waals surface area contributed by atoms with Crippen molar-refractivity contribution in [2.75, 3.05) is 32.8 Å². The Hall–Kier alpha value is -4.29. The largest absolute Gasteiger partial charge is 0.469 e. The number of aliphatic imine (C=N–C) groups is 1. The molecule has 0 unspecified atom stereocenters. The summed E-state index contributed by atoms with van der Waals surface area (Å²) in [4.78, 5) is 116. The second-order valence-electron chi connectivity index (χ2n) is 14.1. The van der Waals surface area contributed by atoms with Gasteiger partial charge in [0.05, 0.1) is 30.9 Å². The maximum absolute atomic E-state index is 13.9. The van der Waals surface area contributed by atoms with Crippen molar-refractivity contribution in [2.45, 2.75) is 126 Å². The lowest BCUT2D eigenvalue weighted by molar-refractivity contribution is -0.144. The second-order valence-corrected chi connectivity index (χ2v) is 15.3. The van der Waals surface area contributed by atoms with Gasteiger partial charge in [0, 0.05) is 13.1 Å². The van der Waals surface area contributed by atoms with Crippen LogP contribution in [0.4, 0.5) is 0 Å². The highest BCUT2D eigenvalue weighted by molar-refractivity contribution is 7.46. The van der Waals surface area contributed by atoms with Gasteiger partial charge in [0.2, 0.25) is 35.4 Å². The summed E-state index contributed by atoms with van der Waals surface area (Å²) in [5, 5.41) is 35.6. The lowest BCUT2D eigenvalue weighted by Gasteiger charge is -2.32. The van der Waals surface area contributed by atoms with Gasteiger partial charge in [0.25, 0.3) is 0 Å². The van der Waals surface area contributed by atoms with Crippen LogP contribution in [0.5, 0.6) is 0 Å². The van der Waals surface area contributed by atoms with E-state index in [1.165, 1.54) is 6.92 Å². The monoisotopic (exact) mass is 849 g/mol. The number of unbranched alkanes of at least 4 members (excludes halogenated alkanes) is 1. The molecule has 2 aliphatic heterocycles. The van der Waals surface area contributed by atoms with Crippen molar-refractivity contribution in [3.05, 3.63) is 0 Å². The molecule has 0 aromatic carbocycles. The van der Waals surface area contributed by atoms with Crippen LogP contribution >= 0.6 is 7.82 Å². The minimum absolute atomic E-state index is 0.0388. The Morgan fingerprint density at radius 3 is 2.14 bits per heavy atom. The zero-order valence-electron chi connectivity index (χ0n) is 32.7. The summed E-state index contributed by atoms with van der Waals surface area (Å²) in [6, 6.07) is -9.25. The molecule has 2 saturated heterocycles. The number of likely N-dealkylation sites (tertiary alicyclic amines) is 1. The van der Waals surface area contributed by atoms with Crippen molar-refractivity contribution in [3.63, 3.8) is 0 Å². The van der Waals surface area contributed by atoms with Gasteiger partial charge in [-0.15, -0.1) is 0 Å². The molecule has 9 atom stereocenters. The van der Waals surface area contributed by atoms with Gasteiger partial charge in [-0.3, -0.25) is 38.3 Å². The van der Waals surface area contributed by atoms with E-state index < -0.39 is 104 Å². The van der Waals surface area contributed by atoms with Crippen LogP contribution in [0.25, 0.3) is 0 Å². The number of hydrogen-bond donors (Lipinski definition) is 13. The Bertz CT molecular complexity index is 1490. The molecule has 25 heteroatoms. The van der Waals surface area contributed by atoms with Gasteiger partial charge < -0.3 is 78.8 Å². The number of phosphoric acid groups is 1. The lowest BCUT2D eigenvalue weighted by atomic mass is 10.1. The van der Waals surface area contributed by atoms with Gasteiger partial charge in [0.1, 0.15) is 36.5 Å². The summed E-state index contributed by atoms with van der Waals surface area (Å²) in [6.45, 7) is 2.24. The molecule has 0 aliphatic carbocycles. The molecule has 16 N–H and O–H groups in total. The highest BCUT2D eigenvalue weighted by Gasteiger charge is 2.43. The van der Waals surface area contributed by atoms with Gasteiger partial charge in [-0.05, 0) is 84.7 Å². The number of nitrogens with two attached hydrogens (primary N) is 3. The Kier molecular flexibility index (Phi) is 21.1. The van der Waals surface area contributed by atoms with Crippen LogP contribution in [0.3, 0.4) is 0 Å². The Morgan fingerprint density at radius 2 is 1.57 bits per heavy atom. The molecule has 0 aromatic heterocycles. The molecule has 0 saturated carbocycles. The maximum Gasteiger partial charge on any atom is 0.469 e. The fourth-order valence-electron chi connectivity index (χ4n) is 6.42. The Labute approximate surface area is 335 Å². The van der Waals surface area contributed by atoms with E-state index in [2.05, 4.69) is 36.9 Å². The number of rotatable bonds is 25. The predicted molar refractivity (Wildman–Crippen MR) is 206 cm³/mol. The summed E-state index contributed by atoms with van der Waals surface area (Å²) in [7, 11) is -5.28. The highest BCUT2D eigenvalue weighted by atomic mass is 31.2. The number of hydrogen-bond acceptors (Lipinski definition) is 14. The first kappa shape index (κ1) is 49.9. The summed E-state index contributed by atoms with van der Waals surface area (Å²) >= 11 is 0. The van der Waals surface area contributed by atoms with Crippen LogP contribution in [-0.2, 0) is 42.7 Å². The molecule has 0 aromatic rings. The number of phosphoric ester groups is 1. The molecular weight excluding hydrogens is 789 g/mol. The first-order valence-corrected chi connectivity index (χ1v) is 20.7. The molecule has 2 aliphatic rings. The first-order valence-electron chi connectivity index (χ1n) is 19.1. The third-order valence-electron chi connectivity index (χ3n) is 9.47. The van der Waals surface area contributed by atoms with Crippen molar-refractivity contribution in [3.8, 4) is 0 Å². The molecule has 0 bridgehead atoms. The number of carbonyl (C=O) groups is 7. The Balaban J connectivity index is 2.23. The SMILES string of the molecule is C[C@@H](O)[C@H](NC(=O)[C@H](CCCCN)NC(=O)[C@@H]1CCCN1)C(=O)N[C@@H](CO)C(=O)N[C@H](C(=O)N1CCC[C@H]1C(=O)N[C@H](C=O)CCCN=C(N)N)[C@@H](C)OP(=O)(O)O. The number of nitrogens with zero attached hydrogens (tertiary/aromatic N) is 2. The third-order valence-corrected chi connectivity index (χ3v) is 10.1. The van der Waals surface area contributed by atoms with Crippen molar-refractivity contribution in [2.24, 2.45) is 22.2 Å². The van der Waals surface area contributed by atoms with Crippen molar-refractivity contribution >= 4 is 55.5 Å². The standard InChI is InChI=1S/C33H60N11O13P/c1-18(47)25(42-28(49)22(9-3-4-12-34)40-27(48)21-10-6-13-37-21)31(52)41-23(17-46)29(50)43-26(19(2)57-58(54,55)56)32(53)44-15-7-11-24(44)30(51)39-20(16-45)8-5-14-38-33(35)36/h16,18-26,37,46-47H,3-15,17,34H2,1-2H3,(H,39,51)(H,40,48)(H,41,52)(H,42,49)(H,43,50)(H4,35,36,38)(H2,54,55,56)/t18-,19-,20+,21+,22+,23+,24+,25+,26+/m1/s1. The van der Waals surface area contributed by atoms with E-state index in [9.17, 15) is 58.1 Å². The summed E-state index contributed by atoms with van der Waals surface area (Å²) in [6.07, 6.45) is 0.559. The van der Waals surface area contributed by atoms with Crippen LogP contribution < -0.4 is 49.1 Å². The molecule has 330 valence electrons. The molecule has 6 amide bonds. The van der Waals surface area contributed by atoms with Crippen LogP contribution in [-0.4, -0.2) is 160 Å². The van der Waals surface area contributed by atoms with Crippen LogP contribution in [0.1, 0.15) is 71.6 Å². The topological polar surface area (TPSA) is 393 Å². The van der Waals surface area contributed by atoms with Crippen molar-refractivity contribution < 1.29 is 62.7 Å². The lowest BCUT2D eigenvalue weighted by Crippen LogP contribution is -2.63. The summed E-state index contributed by atoms with van der Waals surface area (Å²) in [5.74, 6) is -5.53. The van der Waals surface area contributed by atoms with Crippen molar-refractivity contribution in [1.82, 2.24) is 36.8 Å². The molecule has 2 heterocycles. The minimum Gasteiger partial charge on any atom is -0.394 e.